The minimum Gasteiger partial charge on any atom is -0.496 e. The van der Waals surface area contributed by atoms with Crippen molar-refractivity contribution in [2.24, 2.45) is 0 Å². The van der Waals surface area contributed by atoms with Crippen LogP contribution < -0.4 is 10.1 Å². The van der Waals surface area contributed by atoms with E-state index in [0.717, 1.165) is 11.1 Å². The first kappa shape index (κ1) is 27.5. The van der Waals surface area contributed by atoms with Gasteiger partial charge in [-0.2, -0.15) is 0 Å². The molecule has 6 nitrogen and oxygen atoms in total. The molecule has 0 bridgehead atoms. The number of carbonyl (C=O) groups excluding carboxylic acids is 2. The zero-order valence-electron chi connectivity index (χ0n) is 21.3. The predicted molar refractivity (Wildman–Crippen MR) is 142 cm³/mol. The molecular weight excluding hydrogens is 478 g/mol. The zero-order chi connectivity index (χ0) is 26.2. The van der Waals surface area contributed by atoms with E-state index in [4.69, 9.17) is 25.8 Å². The Morgan fingerprint density at radius 1 is 1.14 bits per heavy atom. The molecule has 7 heteroatoms. The summed E-state index contributed by atoms with van der Waals surface area (Å²) < 4.78 is 17.0. The van der Waals surface area contributed by atoms with Gasteiger partial charge in [0.2, 0.25) is 0 Å². The number of rotatable bonds is 11. The Kier molecular flexibility index (Phi) is 9.35. The molecule has 0 saturated carbocycles. The predicted octanol–water partition coefficient (Wildman–Crippen LogP) is 6.00. The number of halogens is 1. The Morgan fingerprint density at radius 3 is 2.53 bits per heavy atom. The van der Waals surface area contributed by atoms with Gasteiger partial charge in [-0.3, -0.25) is 4.79 Å². The van der Waals surface area contributed by atoms with Crippen LogP contribution in [-0.4, -0.2) is 43.3 Å². The lowest BCUT2D eigenvalue weighted by Crippen LogP contribution is -2.46. The molecular formula is C29H34ClNO5. The van der Waals surface area contributed by atoms with Crippen molar-refractivity contribution in [2.45, 2.75) is 51.2 Å². The molecule has 2 aromatic carbocycles. The fourth-order valence-electron chi connectivity index (χ4n) is 4.21. The molecule has 192 valence electrons. The van der Waals surface area contributed by atoms with Crippen molar-refractivity contribution in [3.8, 4) is 5.75 Å². The van der Waals surface area contributed by atoms with Crippen LogP contribution in [-0.2, 0) is 14.3 Å². The average molecular weight is 512 g/mol. The lowest BCUT2D eigenvalue weighted by molar-refractivity contribution is -0.183. The quantitative estimate of drug-likeness (QED) is 0.296. The molecule has 1 N–H and O–H groups in total. The van der Waals surface area contributed by atoms with Gasteiger partial charge in [0, 0.05) is 11.6 Å². The second kappa shape index (κ2) is 12.2. The van der Waals surface area contributed by atoms with Crippen molar-refractivity contribution >= 4 is 29.1 Å². The summed E-state index contributed by atoms with van der Waals surface area (Å²) in [4.78, 5) is 25.3. The summed E-state index contributed by atoms with van der Waals surface area (Å²) in [6.45, 7) is 5.93. The van der Waals surface area contributed by atoms with Crippen molar-refractivity contribution < 1.29 is 23.8 Å². The minimum absolute atomic E-state index is 0.262. The number of amides is 1. The summed E-state index contributed by atoms with van der Waals surface area (Å²) >= 11 is 6.06. The Bertz CT molecular complexity index is 1130. The monoisotopic (exact) mass is 511 g/mol. The van der Waals surface area contributed by atoms with E-state index in [1.54, 1.807) is 39.0 Å². The molecule has 3 rings (SSSR count). The van der Waals surface area contributed by atoms with Crippen molar-refractivity contribution in [1.82, 2.24) is 5.32 Å². The van der Waals surface area contributed by atoms with E-state index in [0.29, 0.717) is 42.1 Å². The van der Waals surface area contributed by atoms with Gasteiger partial charge >= 0.3 is 5.97 Å². The molecule has 0 aliphatic heterocycles. The van der Waals surface area contributed by atoms with Gasteiger partial charge < -0.3 is 19.5 Å². The second-order valence-corrected chi connectivity index (χ2v) is 9.60. The number of benzene rings is 2. The van der Waals surface area contributed by atoms with Crippen LogP contribution in [0.3, 0.4) is 0 Å². The second-order valence-electron chi connectivity index (χ2n) is 9.16. The van der Waals surface area contributed by atoms with Gasteiger partial charge in [0.25, 0.3) is 5.91 Å². The van der Waals surface area contributed by atoms with Gasteiger partial charge in [-0.15, -0.1) is 0 Å². The van der Waals surface area contributed by atoms with Crippen LogP contribution in [0.5, 0.6) is 5.75 Å². The third kappa shape index (κ3) is 6.99. The molecule has 0 radical (unpaired) electrons. The third-order valence-electron chi connectivity index (χ3n) is 6.04. The van der Waals surface area contributed by atoms with Crippen LogP contribution in [0.2, 0.25) is 5.02 Å². The van der Waals surface area contributed by atoms with Crippen LogP contribution >= 0.6 is 11.6 Å². The fraction of sp³-hybridized carbons (Fsp3) is 0.379. The number of ether oxygens (including phenoxy) is 3. The number of hydrogen-bond acceptors (Lipinski definition) is 5. The van der Waals surface area contributed by atoms with Gasteiger partial charge in [-0.25, -0.2) is 4.79 Å². The SMILES string of the molecule is CCOC(=O)C(C)(C)OC1(CCCNC(=O)c2cc(Cl)ccc2OC)C=CC(c2ccccc2)=CC1. The normalized spacial score (nSPS) is 17.3. The molecule has 1 atom stereocenters. The van der Waals surface area contributed by atoms with Crippen molar-refractivity contribution in [3.05, 3.63) is 82.9 Å². The van der Waals surface area contributed by atoms with Crippen LogP contribution in [0.15, 0.2) is 66.8 Å². The van der Waals surface area contributed by atoms with E-state index >= 15 is 0 Å². The highest BCUT2D eigenvalue weighted by molar-refractivity contribution is 6.31. The standard InChI is InChI=1S/C29H34ClNO5/c1-5-35-27(33)28(2,3)36-29(17-14-22(15-18-29)21-10-7-6-8-11-21)16-9-19-31-26(32)24-20-23(30)12-13-25(24)34-4/h6-8,10-15,17,20H,5,9,16,18-19H2,1-4H3,(H,31,32). The molecule has 0 saturated heterocycles. The summed E-state index contributed by atoms with van der Waals surface area (Å²) in [5, 5.41) is 3.39. The van der Waals surface area contributed by atoms with Crippen molar-refractivity contribution in [3.63, 3.8) is 0 Å². The van der Waals surface area contributed by atoms with Crippen LogP contribution in [0.25, 0.3) is 5.57 Å². The molecule has 0 heterocycles. The van der Waals surface area contributed by atoms with Gasteiger partial charge in [0.05, 0.1) is 24.9 Å². The Hall–Kier alpha value is -3.09. The smallest absolute Gasteiger partial charge is 0.337 e. The van der Waals surface area contributed by atoms with Gasteiger partial charge in [0.1, 0.15) is 5.75 Å². The highest BCUT2D eigenvalue weighted by Crippen LogP contribution is 2.36. The maximum absolute atomic E-state index is 12.7. The fourth-order valence-corrected chi connectivity index (χ4v) is 4.39. The van der Waals surface area contributed by atoms with E-state index in [-0.39, 0.29) is 12.5 Å². The number of esters is 1. The maximum atomic E-state index is 12.7. The number of carbonyl (C=O) groups is 2. The summed E-state index contributed by atoms with van der Waals surface area (Å²) in [6, 6.07) is 15.0. The van der Waals surface area contributed by atoms with Crippen molar-refractivity contribution in [2.75, 3.05) is 20.3 Å². The molecule has 0 aromatic heterocycles. The first-order valence-corrected chi connectivity index (χ1v) is 12.5. The topological polar surface area (TPSA) is 73.9 Å². The molecule has 1 aliphatic rings. The summed E-state index contributed by atoms with van der Waals surface area (Å²) in [5.74, 6) is -0.208. The Morgan fingerprint density at radius 2 is 1.89 bits per heavy atom. The largest absolute Gasteiger partial charge is 0.496 e. The number of hydrogen-bond donors (Lipinski definition) is 1. The van der Waals surface area contributed by atoms with Crippen LogP contribution in [0.4, 0.5) is 0 Å². The highest BCUT2D eigenvalue weighted by Gasteiger charge is 2.40. The first-order chi connectivity index (χ1) is 17.2. The number of methoxy groups -OCH3 is 1. The molecule has 36 heavy (non-hydrogen) atoms. The summed E-state index contributed by atoms with van der Waals surface area (Å²) in [7, 11) is 1.51. The first-order valence-electron chi connectivity index (χ1n) is 12.1. The van der Waals surface area contributed by atoms with Crippen LogP contribution in [0.1, 0.15) is 56.0 Å². The summed E-state index contributed by atoms with van der Waals surface area (Å²) in [5.41, 5.74) is 0.760. The van der Waals surface area contributed by atoms with Gasteiger partial charge in [-0.1, -0.05) is 60.2 Å². The molecule has 1 aliphatic carbocycles. The molecule has 2 aromatic rings. The van der Waals surface area contributed by atoms with E-state index in [9.17, 15) is 9.59 Å². The van der Waals surface area contributed by atoms with Crippen LogP contribution in [0, 0.1) is 0 Å². The van der Waals surface area contributed by atoms with Crippen molar-refractivity contribution in [1.29, 1.82) is 0 Å². The maximum Gasteiger partial charge on any atom is 0.337 e. The Balaban J connectivity index is 1.70. The molecule has 0 spiro atoms. The molecule has 1 amide bonds. The summed E-state index contributed by atoms with van der Waals surface area (Å²) in [6.07, 6.45) is 8.01. The number of nitrogens with one attached hydrogen (secondary N) is 1. The Labute approximate surface area is 218 Å². The highest BCUT2D eigenvalue weighted by atomic mass is 35.5. The van der Waals surface area contributed by atoms with E-state index in [2.05, 4.69) is 23.5 Å². The average Bonchev–Trinajstić information content (AvgIpc) is 2.87. The molecule has 1 unspecified atom stereocenters. The van der Waals surface area contributed by atoms with E-state index in [1.165, 1.54) is 7.11 Å². The van der Waals surface area contributed by atoms with Gasteiger partial charge in [0.15, 0.2) is 5.60 Å². The van der Waals surface area contributed by atoms with Gasteiger partial charge in [-0.05, 0) is 69.4 Å². The minimum atomic E-state index is -1.13. The van der Waals surface area contributed by atoms with E-state index in [1.807, 2.05) is 30.4 Å². The third-order valence-corrected chi connectivity index (χ3v) is 6.27. The molecule has 0 fully saturated rings. The lowest BCUT2D eigenvalue weighted by Gasteiger charge is -2.39. The lowest BCUT2D eigenvalue weighted by atomic mass is 9.85. The zero-order valence-corrected chi connectivity index (χ0v) is 22.1. The number of allylic oxidation sites excluding steroid dienone is 2. The van der Waals surface area contributed by atoms with E-state index < -0.39 is 17.2 Å².